The third-order valence-electron chi connectivity index (χ3n) is 2.99. The van der Waals surface area contributed by atoms with E-state index >= 15 is 0 Å². The molecule has 1 aromatic heterocycles. The molecule has 18 heavy (non-hydrogen) atoms. The molecule has 0 bridgehead atoms. The van der Waals surface area contributed by atoms with Gasteiger partial charge in [0.1, 0.15) is 5.82 Å². The van der Waals surface area contributed by atoms with Crippen LogP contribution in [0, 0.1) is 5.41 Å². The molecule has 0 fully saturated rings. The zero-order chi connectivity index (χ0) is 13.0. The van der Waals surface area contributed by atoms with Gasteiger partial charge in [-0.15, -0.1) is 0 Å². The highest BCUT2D eigenvalue weighted by Gasteiger charge is 2.16. The number of aliphatic hydroxyl groups excluding tert-OH is 1. The van der Waals surface area contributed by atoms with Crippen LogP contribution >= 0.6 is 0 Å². The lowest BCUT2D eigenvalue weighted by Crippen LogP contribution is -2.24. The van der Waals surface area contributed by atoms with E-state index in [1.54, 1.807) is 6.20 Å². The van der Waals surface area contributed by atoms with Crippen molar-refractivity contribution in [3.05, 3.63) is 30.5 Å². The Morgan fingerprint density at radius 3 is 2.67 bits per heavy atom. The van der Waals surface area contributed by atoms with Crippen LogP contribution in [0.15, 0.2) is 30.5 Å². The van der Waals surface area contributed by atoms with Crippen LogP contribution in [0.4, 0.5) is 5.82 Å². The Kier molecular flexibility index (Phi) is 3.77. The van der Waals surface area contributed by atoms with Gasteiger partial charge < -0.3 is 10.4 Å². The highest BCUT2D eigenvalue weighted by Crippen LogP contribution is 2.20. The van der Waals surface area contributed by atoms with Crippen LogP contribution in [-0.2, 0) is 0 Å². The summed E-state index contributed by atoms with van der Waals surface area (Å²) in [7, 11) is 0. The molecule has 0 saturated heterocycles. The number of hydrogen-bond donors (Lipinski definition) is 2. The van der Waals surface area contributed by atoms with E-state index in [1.807, 2.05) is 24.3 Å². The Morgan fingerprint density at radius 1 is 1.22 bits per heavy atom. The number of aliphatic hydroxyl groups is 1. The van der Waals surface area contributed by atoms with Gasteiger partial charge >= 0.3 is 0 Å². The lowest BCUT2D eigenvalue weighted by molar-refractivity contribution is 0.220. The Morgan fingerprint density at radius 2 is 1.94 bits per heavy atom. The maximum absolute atomic E-state index is 8.98. The van der Waals surface area contributed by atoms with Gasteiger partial charge in [-0.05, 0) is 24.0 Å². The number of aromatic nitrogens is 2. The third-order valence-corrected chi connectivity index (χ3v) is 2.99. The molecule has 0 amide bonds. The molecule has 0 saturated carbocycles. The summed E-state index contributed by atoms with van der Waals surface area (Å²) in [5.41, 5.74) is 1.84. The molecule has 0 spiro atoms. The summed E-state index contributed by atoms with van der Waals surface area (Å²) in [6.07, 6.45) is 2.51. The second-order valence-electron chi connectivity index (χ2n) is 5.24. The van der Waals surface area contributed by atoms with Gasteiger partial charge in [-0.3, -0.25) is 4.98 Å². The van der Waals surface area contributed by atoms with Crippen molar-refractivity contribution in [1.29, 1.82) is 0 Å². The SMILES string of the molecule is CC(C)(CCO)CNc1cnc2ccccc2n1. The molecule has 4 heteroatoms. The van der Waals surface area contributed by atoms with E-state index in [0.29, 0.717) is 0 Å². The van der Waals surface area contributed by atoms with Crippen molar-refractivity contribution in [3.8, 4) is 0 Å². The van der Waals surface area contributed by atoms with Gasteiger partial charge in [-0.25, -0.2) is 4.98 Å². The molecule has 0 atom stereocenters. The number of nitrogens with one attached hydrogen (secondary N) is 1. The van der Waals surface area contributed by atoms with Crippen molar-refractivity contribution in [2.45, 2.75) is 20.3 Å². The van der Waals surface area contributed by atoms with Gasteiger partial charge in [0.2, 0.25) is 0 Å². The Bertz CT molecular complexity index is 525. The summed E-state index contributed by atoms with van der Waals surface area (Å²) >= 11 is 0. The summed E-state index contributed by atoms with van der Waals surface area (Å²) < 4.78 is 0. The fourth-order valence-corrected chi connectivity index (χ4v) is 1.76. The van der Waals surface area contributed by atoms with E-state index in [0.717, 1.165) is 29.8 Å². The average molecular weight is 245 g/mol. The summed E-state index contributed by atoms with van der Waals surface area (Å²) in [6.45, 7) is 5.20. The minimum Gasteiger partial charge on any atom is -0.396 e. The number of hydrogen-bond acceptors (Lipinski definition) is 4. The van der Waals surface area contributed by atoms with Gasteiger partial charge in [0, 0.05) is 13.2 Å². The molecule has 0 unspecified atom stereocenters. The van der Waals surface area contributed by atoms with Crippen LogP contribution in [0.3, 0.4) is 0 Å². The highest BCUT2D eigenvalue weighted by molar-refractivity contribution is 5.75. The van der Waals surface area contributed by atoms with Crippen LogP contribution in [0.25, 0.3) is 11.0 Å². The van der Waals surface area contributed by atoms with E-state index in [1.165, 1.54) is 0 Å². The fourth-order valence-electron chi connectivity index (χ4n) is 1.76. The van der Waals surface area contributed by atoms with E-state index in [4.69, 9.17) is 5.11 Å². The number of fused-ring (bicyclic) bond motifs is 1. The highest BCUT2D eigenvalue weighted by atomic mass is 16.3. The number of rotatable bonds is 5. The van der Waals surface area contributed by atoms with Crippen molar-refractivity contribution < 1.29 is 5.11 Å². The van der Waals surface area contributed by atoms with Gasteiger partial charge in [-0.1, -0.05) is 26.0 Å². The molecule has 96 valence electrons. The second-order valence-corrected chi connectivity index (χ2v) is 5.24. The van der Waals surface area contributed by atoms with E-state index in [9.17, 15) is 0 Å². The molecule has 1 aromatic carbocycles. The summed E-state index contributed by atoms with van der Waals surface area (Å²) in [5, 5.41) is 12.3. The predicted molar refractivity (Wildman–Crippen MR) is 73.5 cm³/mol. The van der Waals surface area contributed by atoms with Crippen LogP contribution in [0.1, 0.15) is 20.3 Å². The lowest BCUT2D eigenvalue weighted by atomic mass is 9.90. The Hall–Kier alpha value is -1.68. The smallest absolute Gasteiger partial charge is 0.145 e. The molecule has 0 aliphatic carbocycles. The molecule has 0 radical (unpaired) electrons. The zero-order valence-corrected chi connectivity index (χ0v) is 10.8. The fraction of sp³-hybridized carbons (Fsp3) is 0.429. The molecule has 0 aliphatic rings. The summed E-state index contributed by atoms with van der Waals surface area (Å²) in [6, 6.07) is 7.80. The average Bonchev–Trinajstić information content (AvgIpc) is 2.36. The number of para-hydroxylation sites is 2. The quantitative estimate of drug-likeness (QED) is 0.849. The molecule has 2 N–H and O–H groups in total. The van der Waals surface area contributed by atoms with E-state index in [2.05, 4.69) is 29.1 Å². The second kappa shape index (κ2) is 5.31. The minimum atomic E-state index is 0.0437. The van der Waals surface area contributed by atoms with Crippen molar-refractivity contribution >= 4 is 16.9 Å². The van der Waals surface area contributed by atoms with Crippen LogP contribution in [-0.4, -0.2) is 28.2 Å². The number of benzene rings is 1. The van der Waals surface area contributed by atoms with E-state index in [-0.39, 0.29) is 12.0 Å². The monoisotopic (exact) mass is 245 g/mol. The van der Waals surface area contributed by atoms with Crippen molar-refractivity contribution in [1.82, 2.24) is 9.97 Å². The molecule has 0 aliphatic heterocycles. The maximum Gasteiger partial charge on any atom is 0.145 e. The largest absolute Gasteiger partial charge is 0.396 e. The Labute approximate surface area is 107 Å². The van der Waals surface area contributed by atoms with Gasteiger partial charge in [-0.2, -0.15) is 0 Å². The number of anilines is 1. The van der Waals surface area contributed by atoms with Gasteiger partial charge in [0.05, 0.1) is 17.2 Å². The van der Waals surface area contributed by atoms with Gasteiger partial charge in [0.25, 0.3) is 0 Å². The maximum atomic E-state index is 8.98. The minimum absolute atomic E-state index is 0.0437. The van der Waals surface area contributed by atoms with Crippen molar-refractivity contribution in [2.24, 2.45) is 5.41 Å². The Balaban J connectivity index is 2.08. The zero-order valence-electron chi connectivity index (χ0n) is 10.8. The molecular formula is C14H19N3O. The lowest BCUT2D eigenvalue weighted by Gasteiger charge is -2.24. The topological polar surface area (TPSA) is 58.0 Å². The first kappa shape index (κ1) is 12.8. The van der Waals surface area contributed by atoms with Crippen molar-refractivity contribution in [3.63, 3.8) is 0 Å². The van der Waals surface area contributed by atoms with E-state index < -0.39 is 0 Å². The molecule has 2 rings (SSSR count). The molecule has 2 aromatic rings. The van der Waals surface area contributed by atoms with Crippen molar-refractivity contribution in [2.75, 3.05) is 18.5 Å². The first-order chi connectivity index (χ1) is 8.61. The summed E-state index contributed by atoms with van der Waals surface area (Å²) in [4.78, 5) is 8.86. The molecule has 4 nitrogen and oxygen atoms in total. The first-order valence-electron chi connectivity index (χ1n) is 6.17. The van der Waals surface area contributed by atoms with Gasteiger partial charge in [0.15, 0.2) is 0 Å². The van der Waals surface area contributed by atoms with Crippen LogP contribution in [0.5, 0.6) is 0 Å². The number of nitrogens with zero attached hydrogens (tertiary/aromatic N) is 2. The third kappa shape index (κ3) is 3.17. The normalized spacial score (nSPS) is 11.7. The first-order valence-corrected chi connectivity index (χ1v) is 6.17. The molecular weight excluding hydrogens is 226 g/mol. The summed E-state index contributed by atoms with van der Waals surface area (Å²) in [5.74, 6) is 0.778. The molecule has 1 heterocycles. The standard InChI is InChI=1S/C14H19N3O/c1-14(2,7-8-18)10-16-13-9-15-11-5-3-4-6-12(11)17-13/h3-6,9,18H,7-8,10H2,1-2H3,(H,16,17). The van der Waals surface area contributed by atoms with Crippen LogP contribution < -0.4 is 5.32 Å². The van der Waals surface area contributed by atoms with Crippen LogP contribution in [0.2, 0.25) is 0 Å². The predicted octanol–water partition coefficient (Wildman–Crippen LogP) is 2.45.